The third kappa shape index (κ3) is 3.23. The van der Waals surface area contributed by atoms with Gasteiger partial charge in [-0.1, -0.05) is 30.3 Å². The molecule has 2 N–H and O–H groups in total. The molecule has 2 rings (SSSR count). The molecule has 1 atom stereocenters. The van der Waals surface area contributed by atoms with Gasteiger partial charge in [0, 0.05) is 0 Å². The number of thiazole rings is 1. The van der Waals surface area contributed by atoms with E-state index in [9.17, 15) is 9.90 Å². The van der Waals surface area contributed by atoms with Crippen molar-refractivity contribution in [2.45, 2.75) is 26.4 Å². The monoisotopic (exact) mass is 290 g/mol. The van der Waals surface area contributed by atoms with Crippen molar-refractivity contribution in [3.63, 3.8) is 0 Å². The Kier molecular flexibility index (Phi) is 4.20. The molecule has 0 fully saturated rings. The summed E-state index contributed by atoms with van der Waals surface area (Å²) in [4.78, 5) is 16.9. The van der Waals surface area contributed by atoms with Crippen LogP contribution >= 0.6 is 11.3 Å². The van der Waals surface area contributed by atoms with Crippen LogP contribution in [0, 0.1) is 13.8 Å². The molecule has 106 valence electrons. The molecule has 5 heteroatoms. The first-order valence-corrected chi connectivity index (χ1v) is 7.22. The van der Waals surface area contributed by atoms with E-state index in [1.54, 1.807) is 6.92 Å². The summed E-state index contributed by atoms with van der Waals surface area (Å²) >= 11 is 1.36. The third-order valence-electron chi connectivity index (χ3n) is 3.10. The Morgan fingerprint density at radius 3 is 2.55 bits per heavy atom. The minimum Gasteiger partial charge on any atom is -0.384 e. The summed E-state index contributed by atoms with van der Waals surface area (Å²) in [7, 11) is 0. The van der Waals surface area contributed by atoms with E-state index < -0.39 is 5.60 Å². The van der Waals surface area contributed by atoms with Crippen molar-refractivity contribution in [1.82, 2.24) is 10.3 Å². The average molecular weight is 290 g/mol. The van der Waals surface area contributed by atoms with Crippen LogP contribution in [0.5, 0.6) is 0 Å². The van der Waals surface area contributed by atoms with Gasteiger partial charge in [0.2, 0.25) is 0 Å². The maximum Gasteiger partial charge on any atom is 0.263 e. The number of nitrogens with zero attached hydrogens (tertiary/aromatic N) is 1. The van der Waals surface area contributed by atoms with Gasteiger partial charge in [-0.2, -0.15) is 0 Å². The summed E-state index contributed by atoms with van der Waals surface area (Å²) in [5.41, 5.74) is 0.409. The second kappa shape index (κ2) is 5.73. The highest BCUT2D eigenvalue weighted by Gasteiger charge is 2.24. The molecule has 0 spiro atoms. The molecule has 0 aliphatic rings. The molecule has 0 saturated carbocycles. The van der Waals surface area contributed by atoms with Crippen molar-refractivity contribution in [3.8, 4) is 0 Å². The zero-order valence-electron chi connectivity index (χ0n) is 11.8. The van der Waals surface area contributed by atoms with E-state index in [-0.39, 0.29) is 12.5 Å². The minimum absolute atomic E-state index is 0.159. The number of amides is 1. The van der Waals surface area contributed by atoms with E-state index in [4.69, 9.17) is 0 Å². The number of hydrogen-bond acceptors (Lipinski definition) is 4. The van der Waals surface area contributed by atoms with Crippen molar-refractivity contribution >= 4 is 17.2 Å². The maximum atomic E-state index is 12.1. The summed E-state index contributed by atoms with van der Waals surface area (Å²) in [6.45, 7) is 5.53. The average Bonchev–Trinajstić information content (AvgIpc) is 2.76. The molecule has 0 saturated heterocycles. The van der Waals surface area contributed by atoms with Gasteiger partial charge in [0.25, 0.3) is 5.91 Å². The Morgan fingerprint density at radius 2 is 2.00 bits per heavy atom. The smallest absolute Gasteiger partial charge is 0.263 e. The molecule has 1 heterocycles. The molecule has 1 aromatic heterocycles. The summed E-state index contributed by atoms with van der Waals surface area (Å²) in [5.74, 6) is -0.190. The third-order valence-corrected chi connectivity index (χ3v) is 4.17. The largest absolute Gasteiger partial charge is 0.384 e. The first-order valence-electron chi connectivity index (χ1n) is 6.40. The van der Waals surface area contributed by atoms with Crippen LogP contribution in [0.3, 0.4) is 0 Å². The van der Waals surface area contributed by atoms with Gasteiger partial charge < -0.3 is 10.4 Å². The number of aromatic nitrogens is 1. The van der Waals surface area contributed by atoms with E-state index in [2.05, 4.69) is 10.3 Å². The number of carbonyl (C=O) groups excluding carboxylic acids is 1. The first kappa shape index (κ1) is 14.7. The number of benzene rings is 1. The van der Waals surface area contributed by atoms with Gasteiger partial charge in [0.15, 0.2) is 0 Å². The van der Waals surface area contributed by atoms with E-state index >= 15 is 0 Å². The van der Waals surface area contributed by atoms with Gasteiger partial charge in [-0.05, 0) is 26.3 Å². The van der Waals surface area contributed by atoms with Crippen LogP contribution < -0.4 is 5.32 Å². The predicted molar refractivity (Wildman–Crippen MR) is 79.9 cm³/mol. The number of hydrogen-bond donors (Lipinski definition) is 2. The van der Waals surface area contributed by atoms with Crippen LogP contribution in [0.15, 0.2) is 30.3 Å². The van der Waals surface area contributed by atoms with Crippen LogP contribution in [0.1, 0.15) is 32.9 Å². The highest BCUT2D eigenvalue weighted by molar-refractivity contribution is 7.13. The molecule has 1 amide bonds. The van der Waals surface area contributed by atoms with E-state index in [1.165, 1.54) is 11.3 Å². The number of aliphatic hydroxyl groups is 1. The Balaban J connectivity index is 2.05. The Labute approximate surface area is 122 Å². The quantitative estimate of drug-likeness (QED) is 0.909. The fraction of sp³-hybridized carbons (Fsp3) is 0.333. The molecule has 0 aliphatic carbocycles. The lowest BCUT2D eigenvalue weighted by molar-refractivity contribution is 0.0527. The Hall–Kier alpha value is -1.72. The Bertz CT molecular complexity index is 606. The highest BCUT2D eigenvalue weighted by atomic mass is 32.1. The topological polar surface area (TPSA) is 62.2 Å². The lowest BCUT2D eigenvalue weighted by atomic mass is 9.96. The number of nitrogens with one attached hydrogen (secondary N) is 1. The van der Waals surface area contributed by atoms with Crippen LogP contribution in [0.25, 0.3) is 0 Å². The minimum atomic E-state index is -1.09. The van der Waals surface area contributed by atoms with Crippen molar-refractivity contribution in [3.05, 3.63) is 51.5 Å². The molecule has 4 nitrogen and oxygen atoms in total. The summed E-state index contributed by atoms with van der Waals surface area (Å²) in [6.07, 6.45) is 0. The maximum absolute atomic E-state index is 12.1. The number of aryl methyl sites for hydroxylation is 2. The first-order chi connectivity index (χ1) is 9.40. The van der Waals surface area contributed by atoms with Crippen LogP contribution in [0.2, 0.25) is 0 Å². The SMILES string of the molecule is Cc1nc(C)c(C(=O)NCC(C)(O)c2ccccc2)s1. The molecule has 1 unspecified atom stereocenters. The zero-order chi connectivity index (χ0) is 14.8. The molecule has 1 aromatic carbocycles. The molecular weight excluding hydrogens is 272 g/mol. The lowest BCUT2D eigenvalue weighted by Crippen LogP contribution is -2.38. The fourth-order valence-corrected chi connectivity index (χ4v) is 2.81. The van der Waals surface area contributed by atoms with Crippen LogP contribution in [-0.4, -0.2) is 22.5 Å². The lowest BCUT2D eigenvalue weighted by Gasteiger charge is -2.24. The van der Waals surface area contributed by atoms with Gasteiger partial charge in [-0.3, -0.25) is 4.79 Å². The fourth-order valence-electron chi connectivity index (χ4n) is 1.97. The van der Waals surface area contributed by atoms with Gasteiger partial charge in [0.05, 0.1) is 17.2 Å². The molecule has 20 heavy (non-hydrogen) atoms. The number of carbonyl (C=O) groups is 1. The summed E-state index contributed by atoms with van der Waals surface area (Å²) in [6, 6.07) is 9.30. The van der Waals surface area contributed by atoms with E-state index in [0.29, 0.717) is 4.88 Å². The molecule has 0 radical (unpaired) electrons. The van der Waals surface area contributed by atoms with Crippen molar-refractivity contribution in [2.75, 3.05) is 6.54 Å². The molecule has 2 aromatic rings. The van der Waals surface area contributed by atoms with Gasteiger partial charge in [-0.15, -0.1) is 11.3 Å². The molecule has 0 aliphatic heterocycles. The summed E-state index contributed by atoms with van der Waals surface area (Å²) < 4.78 is 0. The van der Waals surface area contributed by atoms with Crippen molar-refractivity contribution < 1.29 is 9.90 Å². The summed E-state index contributed by atoms with van der Waals surface area (Å²) in [5, 5.41) is 14.1. The van der Waals surface area contributed by atoms with Gasteiger partial charge in [-0.25, -0.2) is 4.98 Å². The number of rotatable bonds is 4. The standard InChI is InChI=1S/C15H18N2O2S/c1-10-13(20-11(2)17-10)14(18)16-9-15(3,19)12-7-5-4-6-8-12/h4-8,19H,9H2,1-3H3,(H,16,18). The van der Waals surface area contributed by atoms with Crippen molar-refractivity contribution in [1.29, 1.82) is 0 Å². The molecule has 0 bridgehead atoms. The second-order valence-electron chi connectivity index (χ2n) is 4.97. The zero-order valence-corrected chi connectivity index (χ0v) is 12.6. The van der Waals surface area contributed by atoms with Gasteiger partial charge in [0.1, 0.15) is 10.5 Å². The van der Waals surface area contributed by atoms with E-state index in [1.807, 2.05) is 44.2 Å². The van der Waals surface area contributed by atoms with E-state index in [0.717, 1.165) is 16.3 Å². The van der Waals surface area contributed by atoms with Crippen LogP contribution in [-0.2, 0) is 5.60 Å². The van der Waals surface area contributed by atoms with Gasteiger partial charge >= 0.3 is 0 Å². The second-order valence-corrected chi connectivity index (χ2v) is 6.17. The predicted octanol–water partition coefficient (Wildman–Crippen LogP) is 2.40. The van der Waals surface area contributed by atoms with Crippen LogP contribution in [0.4, 0.5) is 0 Å². The van der Waals surface area contributed by atoms with Crippen molar-refractivity contribution in [2.24, 2.45) is 0 Å². The molecular formula is C15H18N2O2S. The highest BCUT2D eigenvalue weighted by Crippen LogP contribution is 2.20. The Morgan fingerprint density at radius 1 is 1.35 bits per heavy atom. The normalized spacial score (nSPS) is 13.8.